The van der Waals surface area contributed by atoms with Crippen molar-refractivity contribution in [1.29, 1.82) is 0 Å². The predicted molar refractivity (Wildman–Crippen MR) is 117 cm³/mol. The molecule has 1 aliphatic heterocycles. The van der Waals surface area contributed by atoms with Gasteiger partial charge in [0.15, 0.2) is 11.5 Å². The number of alkyl halides is 3. The van der Waals surface area contributed by atoms with Crippen LogP contribution in [0.15, 0.2) is 43.0 Å². The van der Waals surface area contributed by atoms with Gasteiger partial charge in [-0.05, 0) is 49.8 Å². The number of hydrogen-bond acceptors (Lipinski definition) is 7. The second kappa shape index (κ2) is 8.62. The van der Waals surface area contributed by atoms with Gasteiger partial charge in [-0.3, -0.25) is 4.79 Å². The summed E-state index contributed by atoms with van der Waals surface area (Å²) in [6, 6.07) is 5.17. The van der Waals surface area contributed by atoms with Crippen LogP contribution >= 0.6 is 0 Å². The molecule has 3 aromatic rings. The average Bonchev–Trinajstić information content (AvgIpc) is 3.60. The molecule has 176 valence electrons. The number of aryl methyl sites for hydroxylation is 1. The first-order chi connectivity index (χ1) is 16.3. The summed E-state index contributed by atoms with van der Waals surface area (Å²) in [4.78, 5) is 35.9. The monoisotopic (exact) mass is 469 g/mol. The first-order valence-corrected chi connectivity index (χ1v) is 11.0. The normalized spacial score (nSPS) is 21.6. The summed E-state index contributed by atoms with van der Waals surface area (Å²) in [5.41, 5.74) is 0.521. The third kappa shape index (κ3) is 4.55. The van der Waals surface area contributed by atoms with E-state index in [4.69, 9.17) is 0 Å². The highest BCUT2D eigenvalue weighted by Crippen LogP contribution is 2.47. The minimum Gasteiger partial charge on any atom is -0.367 e. The van der Waals surface area contributed by atoms with Gasteiger partial charge < -0.3 is 10.2 Å². The molecule has 2 aliphatic rings. The molecule has 8 nitrogen and oxygen atoms in total. The molecule has 0 spiro atoms. The van der Waals surface area contributed by atoms with E-state index in [1.807, 2.05) is 17.9 Å². The van der Waals surface area contributed by atoms with E-state index < -0.39 is 11.9 Å². The maximum absolute atomic E-state index is 13.7. The lowest BCUT2D eigenvalue weighted by Gasteiger charge is -2.35. The number of rotatable bonds is 5. The molecule has 2 fully saturated rings. The lowest BCUT2D eigenvalue weighted by atomic mass is 10.00. The molecule has 0 bridgehead atoms. The minimum atomic E-state index is -4.54. The lowest BCUT2D eigenvalue weighted by Crippen LogP contribution is -2.48. The van der Waals surface area contributed by atoms with Crippen molar-refractivity contribution in [3.8, 4) is 11.4 Å². The van der Waals surface area contributed by atoms with Gasteiger partial charge in [-0.2, -0.15) is 13.2 Å². The zero-order valence-electron chi connectivity index (χ0n) is 18.3. The Morgan fingerprint density at radius 1 is 1.09 bits per heavy atom. The van der Waals surface area contributed by atoms with Gasteiger partial charge >= 0.3 is 6.18 Å². The van der Waals surface area contributed by atoms with Gasteiger partial charge in [0.25, 0.3) is 5.91 Å². The van der Waals surface area contributed by atoms with Crippen LogP contribution < -0.4 is 5.32 Å². The van der Waals surface area contributed by atoms with Crippen LogP contribution in [-0.4, -0.2) is 54.9 Å². The molecule has 1 N–H and O–H groups in total. The quantitative estimate of drug-likeness (QED) is 0.610. The summed E-state index contributed by atoms with van der Waals surface area (Å²) in [6.45, 7) is 2.78. The van der Waals surface area contributed by atoms with Crippen molar-refractivity contribution in [3.63, 3.8) is 0 Å². The second-order valence-electron chi connectivity index (χ2n) is 8.69. The SMILES string of the molecule is Cc1ccc(-c2ncccn2)c(C(=O)N2CC3C[C@@H]3C[C@H]2CNc2cnc(C(F)(F)F)cn2)n1. The van der Waals surface area contributed by atoms with Gasteiger partial charge in [0.05, 0.1) is 18.0 Å². The largest absolute Gasteiger partial charge is 0.434 e. The fourth-order valence-electron chi connectivity index (χ4n) is 4.41. The van der Waals surface area contributed by atoms with Crippen LogP contribution in [0.25, 0.3) is 11.4 Å². The van der Waals surface area contributed by atoms with Crippen molar-refractivity contribution in [2.45, 2.75) is 32.0 Å². The van der Waals surface area contributed by atoms with Crippen molar-refractivity contribution in [2.24, 2.45) is 11.8 Å². The van der Waals surface area contributed by atoms with E-state index >= 15 is 0 Å². The number of carbonyl (C=O) groups is 1. The number of pyridine rings is 1. The van der Waals surface area contributed by atoms with Crippen molar-refractivity contribution < 1.29 is 18.0 Å². The van der Waals surface area contributed by atoms with E-state index in [-0.39, 0.29) is 17.8 Å². The van der Waals surface area contributed by atoms with Gasteiger partial charge in [0, 0.05) is 37.2 Å². The maximum atomic E-state index is 13.7. The summed E-state index contributed by atoms with van der Waals surface area (Å²) in [5, 5.41) is 3.05. The summed E-state index contributed by atoms with van der Waals surface area (Å²) in [5.74, 6) is 1.46. The number of piperidine rings is 1. The molecule has 4 heterocycles. The molecule has 1 saturated carbocycles. The topological polar surface area (TPSA) is 96.8 Å². The summed E-state index contributed by atoms with van der Waals surface area (Å²) < 4.78 is 38.2. The molecule has 11 heteroatoms. The Morgan fingerprint density at radius 3 is 2.59 bits per heavy atom. The number of likely N-dealkylation sites (tertiary alicyclic amines) is 1. The molecule has 0 aromatic carbocycles. The van der Waals surface area contributed by atoms with Crippen molar-refractivity contribution in [1.82, 2.24) is 29.8 Å². The average molecular weight is 469 g/mol. The number of anilines is 1. The van der Waals surface area contributed by atoms with Crippen LogP contribution in [-0.2, 0) is 6.18 Å². The lowest BCUT2D eigenvalue weighted by molar-refractivity contribution is -0.141. The van der Waals surface area contributed by atoms with Gasteiger partial charge in [-0.1, -0.05) is 0 Å². The van der Waals surface area contributed by atoms with E-state index in [0.717, 1.165) is 19.0 Å². The van der Waals surface area contributed by atoms with Crippen molar-refractivity contribution in [2.75, 3.05) is 18.4 Å². The second-order valence-corrected chi connectivity index (χ2v) is 8.69. The van der Waals surface area contributed by atoms with E-state index in [0.29, 0.717) is 53.9 Å². The van der Waals surface area contributed by atoms with Crippen LogP contribution in [0.1, 0.15) is 34.7 Å². The molecule has 34 heavy (non-hydrogen) atoms. The Balaban J connectivity index is 1.37. The number of hydrogen-bond donors (Lipinski definition) is 1. The smallest absolute Gasteiger partial charge is 0.367 e. The van der Waals surface area contributed by atoms with E-state index in [2.05, 4.69) is 30.2 Å². The Morgan fingerprint density at radius 2 is 1.88 bits per heavy atom. The molecule has 3 atom stereocenters. The van der Waals surface area contributed by atoms with E-state index in [1.165, 1.54) is 0 Å². The summed E-state index contributed by atoms with van der Waals surface area (Å²) in [7, 11) is 0. The molecular formula is C23H22F3N7O. The number of nitrogens with one attached hydrogen (secondary N) is 1. The molecule has 1 saturated heterocycles. The number of carbonyl (C=O) groups excluding carboxylic acids is 1. The van der Waals surface area contributed by atoms with Crippen LogP contribution in [0.5, 0.6) is 0 Å². The molecular weight excluding hydrogens is 447 g/mol. The Hall–Kier alpha value is -3.63. The predicted octanol–water partition coefficient (Wildman–Crippen LogP) is 3.62. The fraction of sp³-hybridized carbons (Fsp3) is 0.391. The first-order valence-electron chi connectivity index (χ1n) is 11.0. The third-order valence-corrected chi connectivity index (χ3v) is 6.28. The number of fused-ring (bicyclic) bond motifs is 1. The van der Waals surface area contributed by atoms with Crippen LogP contribution in [0, 0.1) is 18.8 Å². The summed E-state index contributed by atoms with van der Waals surface area (Å²) in [6.07, 6.45) is 2.32. The Kier molecular flexibility index (Phi) is 5.62. The van der Waals surface area contributed by atoms with E-state index in [9.17, 15) is 18.0 Å². The maximum Gasteiger partial charge on any atom is 0.434 e. The molecule has 0 radical (unpaired) electrons. The van der Waals surface area contributed by atoms with Crippen LogP contribution in [0.4, 0.5) is 19.0 Å². The van der Waals surface area contributed by atoms with Gasteiger partial charge in [0.2, 0.25) is 0 Å². The molecule has 5 rings (SSSR count). The van der Waals surface area contributed by atoms with Gasteiger partial charge in [-0.15, -0.1) is 0 Å². The number of halogens is 3. The number of aromatic nitrogens is 5. The zero-order valence-corrected chi connectivity index (χ0v) is 18.3. The summed E-state index contributed by atoms with van der Waals surface area (Å²) >= 11 is 0. The highest BCUT2D eigenvalue weighted by Gasteiger charge is 2.47. The first kappa shape index (κ1) is 22.2. The van der Waals surface area contributed by atoms with Gasteiger partial charge in [0.1, 0.15) is 11.5 Å². The van der Waals surface area contributed by atoms with Crippen LogP contribution in [0.3, 0.4) is 0 Å². The molecule has 1 amide bonds. The molecule has 1 unspecified atom stereocenters. The molecule has 1 aliphatic carbocycles. The zero-order chi connectivity index (χ0) is 23.9. The third-order valence-electron chi connectivity index (χ3n) is 6.28. The minimum absolute atomic E-state index is 0.160. The highest BCUT2D eigenvalue weighted by atomic mass is 19.4. The van der Waals surface area contributed by atoms with Gasteiger partial charge in [-0.25, -0.2) is 24.9 Å². The van der Waals surface area contributed by atoms with Crippen LogP contribution in [0.2, 0.25) is 0 Å². The molecule has 3 aromatic heterocycles. The highest BCUT2D eigenvalue weighted by molar-refractivity contribution is 5.98. The van der Waals surface area contributed by atoms with Crippen molar-refractivity contribution in [3.05, 3.63) is 60.1 Å². The van der Waals surface area contributed by atoms with E-state index in [1.54, 1.807) is 24.5 Å². The number of amides is 1. The standard InChI is InChI=1S/C23H22F3N7O/c1-13-3-4-17(21-27-5-2-6-28-21)20(32-13)22(34)33-12-15-7-14(15)8-16(33)9-30-19-11-29-18(10-31-19)23(24,25)26/h2-6,10-11,14-16H,7-9,12H2,1H3,(H,30,31)/t14-,15?,16+/m1/s1. The Bertz CT molecular complexity index is 1190. The number of nitrogens with zero attached hydrogens (tertiary/aromatic N) is 6. The van der Waals surface area contributed by atoms with Crippen molar-refractivity contribution >= 4 is 11.7 Å². The fourth-order valence-corrected chi connectivity index (χ4v) is 4.41. The Labute approximate surface area is 193 Å².